The van der Waals surface area contributed by atoms with E-state index < -0.39 is 5.97 Å². The molecule has 0 amide bonds. The summed E-state index contributed by atoms with van der Waals surface area (Å²) in [4.78, 5) is 23.4. The predicted molar refractivity (Wildman–Crippen MR) is 112 cm³/mol. The van der Waals surface area contributed by atoms with Crippen molar-refractivity contribution in [3.8, 4) is 0 Å². The van der Waals surface area contributed by atoms with Gasteiger partial charge in [0.2, 0.25) is 0 Å². The Morgan fingerprint density at radius 3 is 2.66 bits per heavy atom. The van der Waals surface area contributed by atoms with Gasteiger partial charge in [-0.1, -0.05) is 19.4 Å². The molecule has 4 heteroatoms. The van der Waals surface area contributed by atoms with Crippen molar-refractivity contribution in [3.05, 3.63) is 11.6 Å². The van der Waals surface area contributed by atoms with E-state index >= 15 is 0 Å². The molecule has 0 heterocycles. The first kappa shape index (κ1) is 21.1. The van der Waals surface area contributed by atoms with Gasteiger partial charge in [0.05, 0.1) is 0 Å². The van der Waals surface area contributed by atoms with Crippen molar-refractivity contribution in [1.29, 1.82) is 0 Å². The Bertz CT molecular complexity index is 697. The quantitative estimate of drug-likeness (QED) is 0.656. The van der Waals surface area contributed by atoms with Crippen molar-refractivity contribution in [1.82, 2.24) is 0 Å². The highest BCUT2D eigenvalue weighted by Crippen LogP contribution is 2.68. The van der Waals surface area contributed by atoms with Crippen LogP contribution in [0.15, 0.2) is 11.6 Å². The highest BCUT2D eigenvalue weighted by Gasteiger charge is 2.60. The summed E-state index contributed by atoms with van der Waals surface area (Å²) in [6, 6.07) is 0. The van der Waals surface area contributed by atoms with Crippen LogP contribution in [0.4, 0.5) is 0 Å². The summed E-state index contributed by atoms with van der Waals surface area (Å²) in [5.74, 6) is 2.67. The second-order valence-electron chi connectivity index (χ2n) is 10.9. The van der Waals surface area contributed by atoms with Crippen LogP contribution in [0.25, 0.3) is 0 Å². The van der Waals surface area contributed by atoms with Gasteiger partial charge in [-0.2, -0.15) is 0 Å². The molecule has 3 fully saturated rings. The second-order valence-corrected chi connectivity index (χ2v) is 10.9. The van der Waals surface area contributed by atoms with Gasteiger partial charge in [-0.3, -0.25) is 9.59 Å². The number of aliphatic hydroxyl groups is 1. The van der Waals surface area contributed by atoms with Gasteiger partial charge in [-0.15, -0.1) is 0 Å². The van der Waals surface area contributed by atoms with Crippen LogP contribution in [0.5, 0.6) is 0 Å². The number of allylic oxidation sites excluding steroid dienone is 1. The number of hydrogen-bond donors (Lipinski definition) is 2. The van der Waals surface area contributed by atoms with Gasteiger partial charge in [0.25, 0.3) is 0 Å². The van der Waals surface area contributed by atoms with Crippen LogP contribution in [-0.4, -0.2) is 28.6 Å². The molecular formula is C25H38O4. The van der Waals surface area contributed by atoms with Gasteiger partial charge in [-0.25, -0.2) is 0 Å². The molecule has 29 heavy (non-hydrogen) atoms. The molecule has 0 aromatic heterocycles. The number of carboxylic acids is 1. The zero-order chi connectivity index (χ0) is 20.8. The molecule has 7 atom stereocenters. The Balaban J connectivity index is 1.65. The minimum atomic E-state index is -0.668. The van der Waals surface area contributed by atoms with E-state index in [2.05, 4.69) is 13.8 Å². The third-order valence-corrected chi connectivity index (χ3v) is 9.77. The molecule has 4 rings (SSSR count). The van der Waals surface area contributed by atoms with E-state index in [1.165, 1.54) is 31.3 Å². The monoisotopic (exact) mass is 402 g/mol. The minimum absolute atomic E-state index is 0.161. The molecule has 0 saturated heterocycles. The summed E-state index contributed by atoms with van der Waals surface area (Å²) in [5.41, 5.74) is 1.81. The average molecular weight is 403 g/mol. The first-order valence-corrected chi connectivity index (χ1v) is 11.9. The maximum atomic E-state index is 12.2. The van der Waals surface area contributed by atoms with Crippen LogP contribution in [-0.2, 0) is 9.59 Å². The molecule has 4 aliphatic rings. The summed E-state index contributed by atoms with van der Waals surface area (Å²) in [5, 5.41) is 18.7. The average Bonchev–Trinajstić information content (AvgIpc) is 3.01. The molecule has 0 spiro atoms. The number of carbonyl (C=O) groups is 2. The fraction of sp³-hybridized carbons (Fsp3) is 0.840. The normalized spacial score (nSPS) is 43.9. The van der Waals surface area contributed by atoms with E-state index in [0.29, 0.717) is 48.2 Å². The van der Waals surface area contributed by atoms with Crippen LogP contribution in [0, 0.1) is 40.4 Å². The molecule has 0 aromatic rings. The van der Waals surface area contributed by atoms with E-state index in [4.69, 9.17) is 0 Å². The van der Waals surface area contributed by atoms with Gasteiger partial charge < -0.3 is 10.2 Å². The number of carbonyl (C=O) groups excluding carboxylic acids is 1. The first-order chi connectivity index (χ1) is 13.8. The fourth-order valence-electron chi connectivity index (χ4n) is 8.23. The topological polar surface area (TPSA) is 74.6 Å². The van der Waals surface area contributed by atoms with E-state index in [0.717, 1.165) is 32.1 Å². The summed E-state index contributed by atoms with van der Waals surface area (Å²) < 4.78 is 0. The van der Waals surface area contributed by atoms with Crippen LogP contribution in [0.1, 0.15) is 84.5 Å². The van der Waals surface area contributed by atoms with E-state index in [1.807, 2.05) is 6.08 Å². The number of rotatable bonds is 6. The lowest BCUT2D eigenvalue weighted by Gasteiger charge is -2.60. The van der Waals surface area contributed by atoms with Crippen molar-refractivity contribution >= 4 is 11.8 Å². The largest absolute Gasteiger partial charge is 0.481 e. The third-order valence-electron chi connectivity index (χ3n) is 9.77. The van der Waals surface area contributed by atoms with Crippen molar-refractivity contribution in [2.75, 3.05) is 6.61 Å². The van der Waals surface area contributed by atoms with Crippen molar-refractivity contribution in [2.45, 2.75) is 84.5 Å². The van der Waals surface area contributed by atoms with Crippen LogP contribution < -0.4 is 0 Å². The Morgan fingerprint density at radius 2 is 1.93 bits per heavy atom. The van der Waals surface area contributed by atoms with Gasteiger partial charge >= 0.3 is 5.97 Å². The van der Waals surface area contributed by atoms with Crippen LogP contribution in [0.3, 0.4) is 0 Å². The number of aliphatic hydroxyl groups excluding tert-OH is 1. The zero-order valence-electron chi connectivity index (χ0n) is 18.2. The molecular weight excluding hydrogens is 364 g/mol. The van der Waals surface area contributed by atoms with Crippen molar-refractivity contribution in [2.24, 2.45) is 40.4 Å². The molecule has 0 unspecified atom stereocenters. The maximum Gasteiger partial charge on any atom is 0.303 e. The van der Waals surface area contributed by atoms with Gasteiger partial charge in [0.15, 0.2) is 5.78 Å². The fourth-order valence-corrected chi connectivity index (χ4v) is 8.23. The Kier molecular flexibility index (Phi) is 5.69. The number of aliphatic carboxylic acids is 1. The molecule has 2 N–H and O–H groups in total. The number of fused-ring (bicyclic) bond motifs is 5. The first-order valence-electron chi connectivity index (χ1n) is 11.9. The molecule has 4 aliphatic carbocycles. The van der Waals surface area contributed by atoms with Gasteiger partial charge in [-0.05, 0) is 104 Å². The molecule has 0 bridgehead atoms. The molecule has 3 saturated carbocycles. The second kappa shape index (κ2) is 7.83. The molecule has 0 aromatic carbocycles. The minimum Gasteiger partial charge on any atom is -0.481 e. The Labute approximate surface area is 175 Å². The Hall–Kier alpha value is -1.16. The van der Waals surface area contributed by atoms with Crippen LogP contribution in [0.2, 0.25) is 0 Å². The number of ketones is 1. The third kappa shape index (κ3) is 3.49. The lowest BCUT2D eigenvalue weighted by Crippen LogP contribution is -2.53. The lowest BCUT2D eigenvalue weighted by atomic mass is 9.44. The molecule has 4 nitrogen and oxygen atoms in total. The Morgan fingerprint density at radius 1 is 1.14 bits per heavy atom. The van der Waals surface area contributed by atoms with E-state index in [1.54, 1.807) is 0 Å². The van der Waals surface area contributed by atoms with E-state index in [9.17, 15) is 19.8 Å². The molecule has 0 aliphatic heterocycles. The summed E-state index contributed by atoms with van der Waals surface area (Å²) in [7, 11) is 0. The summed E-state index contributed by atoms with van der Waals surface area (Å²) in [6.07, 6.45) is 12.5. The SMILES string of the molecule is C[C@]12CC[C@H]3[C@@H]([C@H](CCCO)CC4=CC(=O)CC[C@@]43C)[C@@H]1CC[C@@H]2CCC(=O)O. The standard InChI is InChI=1S/C25H38O4/c1-24-12-10-21-23(20(24)7-5-17(24)6-8-22(28)29)16(4-3-13-26)14-18-15-19(27)9-11-25(18,21)2/h15-17,20-21,23,26H,3-14H2,1-2H3,(H,28,29)/t16-,17-,20+,21+,23+,24-,25+/m1/s1. The zero-order valence-corrected chi connectivity index (χ0v) is 18.2. The van der Waals surface area contributed by atoms with Gasteiger partial charge in [0, 0.05) is 19.4 Å². The maximum absolute atomic E-state index is 12.2. The number of hydrogen-bond acceptors (Lipinski definition) is 3. The van der Waals surface area contributed by atoms with Crippen molar-refractivity contribution < 1.29 is 19.8 Å². The molecule has 0 radical (unpaired) electrons. The highest BCUT2D eigenvalue weighted by atomic mass is 16.4. The van der Waals surface area contributed by atoms with Gasteiger partial charge in [0.1, 0.15) is 0 Å². The smallest absolute Gasteiger partial charge is 0.303 e. The summed E-state index contributed by atoms with van der Waals surface area (Å²) in [6.45, 7) is 5.12. The lowest BCUT2D eigenvalue weighted by molar-refractivity contribution is -0.138. The highest BCUT2D eigenvalue weighted by molar-refractivity contribution is 5.91. The summed E-state index contributed by atoms with van der Waals surface area (Å²) >= 11 is 0. The predicted octanol–water partition coefficient (Wildman–Crippen LogP) is 5.00. The number of carboxylic acid groups (broad SMARTS) is 1. The molecule has 162 valence electrons. The van der Waals surface area contributed by atoms with E-state index in [-0.39, 0.29) is 17.4 Å². The van der Waals surface area contributed by atoms with Crippen molar-refractivity contribution in [3.63, 3.8) is 0 Å². The van der Waals surface area contributed by atoms with Crippen LogP contribution >= 0.6 is 0 Å².